The summed E-state index contributed by atoms with van der Waals surface area (Å²) in [5.41, 5.74) is 12.7. The van der Waals surface area contributed by atoms with Gasteiger partial charge in [-0.1, -0.05) is 0 Å². The molecule has 3 nitrogen and oxygen atoms in total. The van der Waals surface area contributed by atoms with E-state index in [1.165, 1.54) is 0 Å². The second kappa shape index (κ2) is 0.891. The average Bonchev–Trinajstić information content (AvgIpc) is 0.722. The van der Waals surface area contributed by atoms with Gasteiger partial charge < -0.3 is 0 Å². The molecule has 0 atom stereocenters. The summed E-state index contributed by atoms with van der Waals surface area (Å²) in [5.74, 6) is 0. The van der Waals surface area contributed by atoms with Crippen LogP contribution in [0.3, 0.4) is 0 Å². The van der Waals surface area contributed by atoms with E-state index in [9.17, 15) is 4.39 Å². The first-order chi connectivity index (χ1) is 2.00. The SMILES string of the molecule is NC(N)(N)F. The lowest BCUT2D eigenvalue weighted by atomic mass is 10.9. The Balaban J connectivity index is 3.02. The van der Waals surface area contributed by atoms with Crippen molar-refractivity contribution < 1.29 is 4.39 Å². The molecule has 0 fully saturated rings. The molecule has 0 saturated heterocycles. The van der Waals surface area contributed by atoms with Crippen molar-refractivity contribution in [3.05, 3.63) is 0 Å². The molecule has 0 aromatic rings. The molecule has 5 heavy (non-hydrogen) atoms. The third-order valence-corrected chi connectivity index (χ3v) is 0. The number of halogens is 1. The van der Waals surface area contributed by atoms with Crippen molar-refractivity contribution in [1.82, 2.24) is 0 Å². The molecule has 0 rings (SSSR count). The molecular weight excluding hydrogens is 73.0 g/mol. The van der Waals surface area contributed by atoms with Crippen molar-refractivity contribution >= 4 is 0 Å². The molecule has 0 radical (unpaired) electrons. The third-order valence-electron chi connectivity index (χ3n) is 0. The van der Waals surface area contributed by atoms with E-state index in [0.29, 0.717) is 0 Å². The Kier molecular flexibility index (Phi) is 0.857. The van der Waals surface area contributed by atoms with Gasteiger partial charge >= 0.3 is 0 Å². The lowest BCUT2D eigenvalue weighted by Crippen LogP contribution is -2.53. The molecule has 32 valence electrons. The van der Waals surface area contributed by atoms with Crippen molar-refractivity contribution in [2.75, 3.05) is 0 Å². The van der Waals surface area contributed by atoms with Crippen molar-refractivity contribution in [3.8, 4) is 0 Å². The maximum Gasteiger partial charge on any atom is 0.266 e. The standard InChI is InChI=1S/CH6FN3/c2-1(3,4)5/h3-5H2. The monoisotopic (exact) mass is 79.1 g/mol. The Morgan fingerprint density at radius 1 is 1.20 bits per heavy atom. The summed E-state index contributed by atoms with van der Waals surface area (Å²) in [6.07, 6.45) is 0. The van der Waals surface area contributed by atoms with Crippen molar-refractivity contribution in [1.29, 1.82) is 0 Å². The number of nitrogens with two attached hydrogens (primary N) is 3. The molecule has 0 aliphatic heterocycles. The first-order valence-electron chi connectivity index (χ1n) is 1.06. The van der Waals surface area contributed by atoms with Gasteiger partial charge in [-0.3, -0.25) is 17.2 Å². The van der Waals surface area contributed by atoms with Gasteiger partial charge in [0.1, 0.15) is 0 Å². The maximum absolute atomic E-state index is 11.0. The minimum Gasteiger partial charge on any atom is -0.273 e. The van der Waals surface area contributed by atoms with Crippen LogP contribution in [0.5, 0.6) is 0 Å². The van der Waals surface area contributed by atoms with Gasteiger partial charge in [0.05, 0.1) is 0 Å². The van der Waals surface area contributed by atoms with E-state index < -0.39 is 6.04 Å². The van der Waals surface area contributed by atoms with Gasteiger partial charge in [-0.15, -0.1) is 0 Å². The highest BCUT2D eigenvalue weighted by Gasteiger charge is 2.02. The molecule has 6 N–H and O–H groups in total. The fourth-order valence-electron chi connectivity index (χ4n) is 0. The van der Waals surface area contributed by atoms with E-state index in [4.69, 9.17) is 0 Å². The van der Waals surface area contributed by atoms with Crippen LogP contribution in [0.1, 0.15) is 0 Å². The van der Waals surface area contributed by atoms with Gasteiger partial charge in [0.15, 0.2) is 0 Å². The fourth-order valence-corrected chi connectivity index (χ4v) is 0. The van der Waals surface area contributed by atoms with Crippen LogP contribution in [0.2, 0.25) is 0 Å². The van der Waals surface area contributed by atoms with E-state index in [0.717, 1.165) is 0 Å². The highest BCUT2D eigenvalue weighted by molar-refractivity contribution is 4.42. The molecule has 0 aliphatic carbocycles. The molecule has 0 heterocycles. The van der Waals surface area contributed by atoms with E-state index >= 15 is 0 Å². The van der Waals surface area contributed by atoms with Gasteiger partial charge in [0.25, 0.3) is 6.04 Å². The minimum absolute atomic E-state index is 2.50. The number of rotatable bonds is 0. The predicted molar refractivity (Wildman–Crippen MR) is 16.4 cm³/mol. The van der Waals surface area contributed by atoms with Crippen LogP contribution < -0.4 is 17.2 Å². The molecule has 0 bridgehead atoms. The lowest BCUT2D eigenvalue weighted by molar-refractivity contribution is 0.193. The van der Waals surface area contributed by atoms with Crippen LogP contribution in [-0.2, 0) is 0 Å². The summed E-state index contributed by atoms with van der Waals surface area (Å²) in [6.45, 7) is 0. The van der Waals surface area contributed by atoms with Gasteiger partial charge in [-0.2, -0.15) is 4.39 Å². The highest BCUT2D eigenvalue weighted by Crippen LogP contribution is 1.69. The Labute approximate surface area is 28.9 Å². The van der Waals surface area contributed by atoms with Crippen LogP contribution in [0, 0.1) is 0 Å². The molecule has 0 saturated carbocycles. The van der Waals surface area contributed by atoms with Crippen molar-refractivity contribution in [3.63, 3.8) is 0 Å². The molecule has 0 aliphatic rings. The van der Waals surface area contributed by atoms with Gasteiger partial charge in [0.2, 0.25) is 0 Å². The Hall–Kier alpha value is -0.190. The topological polar surface area (TPSA) is 78.1 Å². The summed E-state index contributed by atoms with van der Waals surface area (Å²) in [7, 11) is 0. The largest absolute Gasteiger partial charge is 0.273 e. The van der Waals surface area contributed by atoms with Crippen LogP contribution >= 0.6 is 0 Å². The highest BCUT2D eigenvalue weighted by atomic mass is 19.2. The van der Waals surface area contributed by atoms with Gasteiger partial charge in [0, 0.05) is 0 Å². The van der Waals surface area contributed by atoms with E-state index in [1.807, 2.05) is 0 Å². The van der Waals surface area contributed by atoms with Crippen LogP contribution in [0.15, 0.2) is 0 Å². The van der Waals surface area contributed by atoms with Crippen LogP contribution in [0.4, 0.5) is 4.39 Å². The molecule has 0 unspecified atom stereocenters. The predicted octanol–water partition coefficient (Wildman–Crippen LogP) is -1.56. The van der Waals surface area contributed by atoms with E-state index in [2.05, 4.69) is 17.2 Å². The minimum atomic E-state index is -2.50. The second-order valence-electron chi connectivity index (χ2n) is 0.827. The molecule has 0 spiro atoms. The Bertz CT molecular complexity index is 22.4. The first kappa shape index (κ1) is 4.81. The van der Waals surface area contributed by atoms with E-state index in [-0.39, 0.29) is 0 Å². The van der Waals surface area contributed by atoms with Gasteiger partial charge in [-0.05, 0) is 0 Å². The maximum atomic E-state index is 11.0. The van der Waals surface area contributed by atoms with E-state index in [1.54, 1.807) is 0 Å². The summed E-state index contributed by atoms with van der Waals surface area (Å²) in [5, 5.41) is 0. The Morgan fingerprint density at radius 3 is 1.20 bits per heavy atom. The average molecular weight is 79.1 g/mol. The van der Waals surface area contributed by atoms with Crippen molar-refractivity contribution in [2.24, 2.45) is 17.2 Å². The summed E-state index contributed by atoms with van der Waals surface area (Å²) >= 11 is 0. The summed E-state index contributed by atoms with van der Waals surface area (Å²) in [4.78, 5) is 0. The fraction of sp³-hybridized carbons (Fsp3) is 1.00. The quantitative estimate of drug-likeness (QED) is 0.243. The normalized spacial score (nSPS) is 12.0. The van der Waals surface area contributed by atoms with Crippen LogP contribution in [-0.4, -0.2) is 6.04 Å². The van der Waals surface area contributed by atoms with Crippen LogP contribution in [0.25, 0.3) is 0 Å². The zero-order chi connectivity index (χ0) is 4.50. The smallest absolute Gasteiger partial charge is 0.266 e. The number of alkyl halides is 1. The lowest BCUT2D eigenvalue weighted by Gasteiger charge is -2.01. The zero-order valence-corrected chi connectivity index (χ0v) is 2.61. The summed E-state index contributed by atoms with van der Waals surface area (Å²) < 4.78 is 11.0. The third kappa shape index (κ3) is 346. The zero-order valence-electron chi connectivity index (χ0n) is 2.61. The Morgan fingerprint density at radius 2 is 1.20 bits per heavy atom. The molecule has 0 amide bonds. The molecular formula is CH6FN3. The number of hydrogen-bond donors (Lipinski definition) is 3. The number of hydrogen-bond acceptors (Lipinski definition) is 3. The molecule has 4 heteroatoms. The second-order valence-corrected chi connectivity index (χ2v) is 0.827. The first-order valence-corrected chi connectivity index (χ1v) is 1.06. The molecule has 0 aromatic carbocycles. The van der Waals surface area contributed by atoms with Crippen molar-refractivity contribution in [2.45, 2.75) is 6.04 Å². The molecule has 0 aromatic heterocycles. The summed E-state index contributed by atoms with van der Waals surface area (Å²) in [6, 6.07) is -2.50. The van der Waals surface area contributed by atoms with Gasteiger partial charge in [-0.25, -0.2) is 0 Å².